The summed E-state index contributed by atoms with van der Waals surface area (Å²) < 4.78 is 18.7. The molecule has 0 aromatic heterocycles. The molecule has 0 radical (unpaired) electrons. The number of aryl methyl sites for hydroxylation is 1. The molecule has 27 heavy (non-hydrogen) atoms. The first-order chi connectivity index (χ1) is 12.8. The van der Waals surface area contributed by atoms with Gasteiger partial charge in [0.2, 0.25) is 0 Å². The van der Waals surface area contributed by atoms with Gasteiger partial charge in [-0.05, 0) is 49.2 Å². The molecule has 7 nitrogen and oxygen atoms in total. The number of halogens is 1. The molecule has 0 heterocycles. The summed E-state index contributed by atoms with van der Waals surface area (Å²) in [4.78, 5) is 34.9. The Bertz CT molecular complexity index is 853. The number of nitrogens with one attached hydrogen (secondary N) is 2. The van der Waals surface area contributed by atoms with Crippen molar-refractivity contribution in [3.8, 4) is 0 Å². The van der Waals surface area contributed by atoms with Gasteiger partial charge in [0, 0.05) is 12.2 Å². The molecule has 0 aliphatic heterocycles. The molecule has 142 valence electrons. The van der Waals surface area contributed by atoms with Crippen LogP contribution in [0.25, 0.3) is 0 Å². The average Bonchev–Trinajstić information content (AvgIpc) is 2.63. The van der Waals surface area contributed by atoms with Crippen LogP contribution in [0.3, 0.4) is 0 Å². The molecule has 2 aromatic carbocycles. The molecular weight excluding hydrogens is 353 g/mol. The molecule has 0 fully saturated rings. The highest BCUT2D eigenvalue weighted by Gasteiger charge is 2.19. The van der Waals surface area contributed by atoms with Crippen LogP contribution in [0.5, 0.6) is 0 Å². The predicted molar refractivity (Wildman–Crippen MR) is 97.5 cm³/mol. The highest BCUT2D eigenvalue weighted by molar-refractivity contribution is 5.97. The van der Waals surface area contributed by atoms with Crippen LogP contribution in [0, 0.1) is 12.7 Å². The second-order valence-electron chi connectivity index (χ2n) is 5.92. The largest absolute Gasteiger partial charge is 0.449 e. The summed E-state index contributed by atoms with van der Waals surface area (Å²) in [7, 11) is 0. The van der Waals surface area contributed by atoms with Crippen molar-refractivity contribution in [2.45, 2.75) is 26.5 Å². The van der Waals surface area contributed by atoms with E-state index < -0.39 is 29.8 Å². The van der Waals surface area contributed by atoms with Crippen molar-refractivity contribution in [1.29, 1.82) is 0 Å². The molecule has 0 aliphatic rings. The van der Waals surface area contributed by atoms with E-state index in [1.54, 1.807) is 25.1 Å². The van der Waals surface area contributed by atoms with Crippen molar-refractivity contribution < 1.29 is 23.5 Å². The number of esters is 1. The van der Waals surface area contributed by atoms with Gasteiger partial charge in [0.15, 0.2) is 6.10 Å². The lowest BCUT2D eigenvalue weighted by Crippen LogP contribution is -2.30. The van der Waals surface area contributed by atoms with Crippen LogP contribution in [-0.2, 0) is 16.1 Å². The fourth-order valence-electron chi connectivity index (χ4n) is 2.14. The Labute approximate surface area is 155 Å². The molecule has 0 bridgehead atoms. The van der Waals surface area contributed by atoms with Crippen LogP contribution in [-0.4, -0.2) is 24.0 Å². The Morgan fingerprint density at radius 1 is 1.15 bits per heavy atom. The molecule has 4 N–H and O–H groups in total. The van der Waals surface area contributed by atoms with E-state index in [0.717, 1.165) is 5.56 Å². The molecule has 2 rings (SSSR count). The SMILES string of the molecule is Cc1ccc(NC(=O)C(C)OC(=O)c2ccc(CNC(N)=O)cc2)cc1F. The van der Waals surface area contributed by atoms with Gasteiger partial charge in [-0.2, -0.15) is 0 Å². The van der Waals surface area contributed by atoms with Crippen LogP contribution in [0.15, 0.2) is 42.5 Å². The summed E-state index contributed by atoms with van der Waals surface area (Å²) in [5, 5.41) is 4.93. The maximum absolute atomic E-state index is 13.5. The van der Waals surface area contributed by atoms with E-state index >= 15 is 0 Å². The van der Waals surface area contributed by atoms with Gasteiger partial charge in [-0.25, -0.2) is 14.0 Å². The van der Waals surface area contributed by atoms with Gasteiger partial charge in [0.1, 0.15) is 5.82 Å². The van der Waals surface area contributed by atoms with E-state index in [2.05, 4.69) is 10.6 Å². The smallest absolute Gasteiger partial charge is 0.338 e. The van der Waals surface area contributed by atoms with Crippen molar-refractivity contribution >= 4 is 23.6 Å². The van der Waals surface area contributed by atoms with Crippen LogP contribution in [0.1, 0.15) is 28.4 Å². The quantitative estimate of drug-likeness (QED) is 0.676. The number of hydrogen-bond acceptors (Lipinski definition) is 4. The molecular formula is C19H20FN3O4. The second kappa shape index (κ2) is 8.79. The highest BCUT2D eigenvalue weighted by atomic mass is 19.1. The van der Waals surface area contributed by atoms with Crippen molar-refractivity contribution in [1.82, 2.24) is 5.32 Å². The lowest BCUT2D eigenvalue weighted by atomic mass is 10.1. The van der Waals surface area contributed by atoms with Crippen molar-refractivity contribution in [2.75, 3.05) is 5.32 Å². The third-order valence-corrected chi connectivity index (χ3v) is 3.75. The number of amides is 3. The lowest BCUT2D eigenvalue weighted by molar-refractivity contribution is -0.123. The van der Waals surface area contributed by atoms with E-state index in [9.17, 15) is 18.8 Å². The van der Waals surface area contributed by atoms with Gasteiger partial charge in [0.25, 0.3) is 5.91 Å². The van der Waals surface area contributed by atoms with Crippen molar-refractivity contribution in [3.63, 3.8) is 0 Å². The predicted octanol–water partition coefficient (Wildman–Crippen LogP) is 2.49. The van der Waals surface area contributed by atoms with Crippen molar-refractivity contribution in [2.24, 2.45) is 5.73 Å². The van der Waals surface area contributed by atoms with Gasteiger partial charge in [0.05, 0.1) is 5.56 Å². The number of urea groups is 1. The third-order valence-electron chi connectivity index (χ3n) is 3.75. The van der Waals surface area contributed by atoms with Gasteiger partial charge in [-0.3, -0.25) is 4.79 Å². The molecule has 0 saturated carbocycles. The van der Waals surface area contributed by atoms with Crippen LogP contribution >= 0.6 is 0 Å². The number of benzene rings is 2. The number of primary amides is 1. The summed E-state index contributed by atoms with van der Waals surface area (Å²) >= 11 is 0. The summed E-state index contributed by atoms with van der Waals surface area (Å²) in [6.45, 7) is 3.26. The number of anilines is 1. The average molecular weight is 373 g/mol. The topological polar surface area (TPSA) is 111 Å². The maximum atomic E-state index is 13.5. The molecule has 0 spiro atoms. The van der Waals surface area contributed by atoms with Gasteiger partial charge in [-0.15, -0.1) is 0 Å². The van der Waals surface area contributed by atoms with Crippen molar-refractivity contribution in [3.05, 3.63) is 65.0 Å². The molecule has 3 amide bonds. The summed E-state index contributed by atoms with van der Waals surface area (Å²) in [6, 6.07) is 9.94. The first-order valence-corrected chi connectivity index (χ1v) is 8.16. The summed E-state index contributed by atoms with van der Waals surface area (Å²) in [5.74, 6) is -1.70. The second-order valence-corrected chi connectivity index (χ2v) is 5.92. The van der Waals surface area contributed by atoms with E-state index in [0.29, 0.717) is 5.56 Å². The fraction of sp³-hybridized carbons (Fsp3) is 0.211. The van der Waals surface area contributed by atoms with E-state index in [4.69, 9.17) is 10.5 Å². The summed E-state index contributed by atoms with van der Waals surface area (Å²) in [6.07, 6.45) is -1.07. The molecule has 1 unspecified atom stereocenters. The van der Waals surface area contributed by atoms with Crippen LogP contribution in [0.2, 0.25) is 0 Å². The molecule has 0 aliphatic carbocycles. The standard InChI is InChI=1S/C19H20FN3O4/c1-11-3-8-15(9-16(11)20)23-17(24)12(2)27-18(25)14-6-4-13(5-7-14)10-22-19(21)26/h3-9,12H,10H2,1-2H3,(H,23,24)(H3,21,22,26). The Morgan fingerprint density at radius 2 is 1.81 bits per heavy atom. The summed E-state index contributed by atoms with van der Waals surface area (Å²) in [5.41, 5.74) is 6.72. The minimum Gasteiger partial charge on any atom is -0.449 e. The van der Waals surface area contributed by atoms with Gasteiger partial charge in [-0.1, -0.05) is 18.2 Å². The number of ether oxygens (including phenoxy) is 1. The zero-order valence-corrected chi connectivity index (χ0v) is 14.9. The van der Waals surface area contributed by atoms with Gasteiger partial charge >= 0.3 is 12.0 Å². The third kappa shape index (κ3) is 5.81. The zero-order valence-electron chi connectivity index (χ0n) is 14.9. The molecule has 8 heteroatoms. The lowest BCUT2D eigenvalue weighted by Gasteiger charge is -2.14. The number of hydrogen-bond donors (Lipinski definition) is 3. The molecule has 0 saturated heterocycles. The maximum Gasteiger partial charge on any atom is 0.338 e. The van der Waals surface area contributed by atoms with Gasteiger partial charge < -0.3 is 21.1 Å². The van der Waals surface area contributed by atoms with E-state index in [1.807, 2.05) is 0 Å². The Hall–Kier alpha value is -3.42. The molecule has 2 aromatic rings. The Kier molecular flexibility index (Phi) is 6.48. The van der Waals surface area contributed by atoms with Crippen LogP contribution < -0.4 is 16.4 Å². The number of nitrogens with two attached hydrogens (primary N) is 1. The van der Waals surface area contributed by atoms with Crippen LogP contribution in [0.4, 0.5) is 14.9 Å². The highest BCUT2D eigenvalue weighted by Crippen LogP contribution is 2.14. The number of rotatable bonds is 6. The normalized spacial score (nSPS) is 11.4. The van der Waals surface area contributed by atoms with E-state index in [-0.39, 0.29) is 17.8 Å². The first-order valence-electron chi connectivity index (χ1n) is 8.16. The first kappa shape index (κ1) is 19.9. The fourth-order valence-corrected chi connectivity index (χ4v) is 2.14. The molecule has 1 atom stereocenters. The number of carbonyl (C=O) groups excluding carboxylic acids is 3. The zero-order chi connectivity index (χ0) is 20.0. The number of carbonyl (C=O) groups is 3. The minimum atomic E-state index is -1.07. The Balaban J connectivity index is 1.92. The van der Waals surface area contributed by atoms with E-state index in [1.165, 1.54) is 31.2 Å². The monoisotopic (exact) mass is 373 g/mol. The Morgan fingerprint density at radius 3 is 2.41 bits per heavy atom. The minimum absolute atomic E-state index is 0.233.